The van der Waals surface area contributed by atoms with Crippen molar-refractivity contribution < 1.29 is 4.39 Å². The van der Waals surface area contributed by atoms with Crippen molar-refractivity contribution in [1.29, 1.82) is 0 Å². The van der Waals surface area contributed by atoms with Gasteiger partial charge in [0.05, 0.1) is 5.88 Å². The lowest BCUT2D eigenvalue weighted by molar-refractivity contribution is 0.615. The summed E-state index contributed by atoms with van der Waals surface area (Å²) >= 11 is 5.80. The molecule has 2 rings (SSSR count). The van der Waals surface area contributed by atoms with Crippen LogP contribution in [0, 0.1) is 17.7 Å². The molecule has 2 unspecified atom stereocenters. The Balaban J connectivity index is 2.15. The van der Waals surface area contributed by atoms with Crippen LogP contribution in [0.2, 0.25) is 0 Å². The Morgan fingerprint density at radius 1 is 1.50 bits per heavy atom. The monoisotopic (exact) mass is 241 g/mol. The molecule has 1 saturated carbocycles. The second-order valence-corrected chi connectivity index (χ2v) is 4.99. The molecule has 1 aromatic rings. The molecular weight excluding hydrogens is 225 g/mol. The van der Waals surface area contributed by atoms with Crippen LogP contribution >= 0.6 is 11.6 Å². The first kappa shape index (κ1) is 11.7. The number of halogens is 2. The Bertz CT molecular complexity index is 380. The Morgan fingerprint density at radius 2 is 2.19 bits per heavy atom. The molecule has 1 aliphatic carbocycles. The number of hydrogen-bond donors (Lipinski definition) is 0. The van der Waals surface area contributed by atoms with Crippen LogP contribution in [-0.4, -0.2) is 13.6 Å². The Kier molecular flexibility index (Phi) is 3.38. The molecule has 2 atom stereocenters. The Hall–Kier alpha value is -0.760. The predicted molar refractivity (Wildman–Crippen MR) is 66.5 cm³/mol. The minimum absolute atomic E-state index is 0.205. The van der Waals surface area contributed by atoms with Gasteiger partial charge in [-0.05, 0) is 30.4 Å². The number of hydrogen-bond acceptors (Lipinski definition) is 1. The first-order valence-corrected chi connectivity index (χ1v) is 6.21. The first-order chi connectivity index (χ1) is 7.63. The molecule has 0 saturated heterocycles. The minimum Gasteiger partial charge on any atom is -0.374 e. The van der Waals surface area contributed by atoms with E-state index in [1.165, 1.54) is 12.5 Å². The molecular formula is C13H17ClFN. The van der Waals surface area contributed by atoms with Crippen LogP contribution in [0.1, 0.15) is 18.9 Å². The van der Waals surface area contributed by atoms with Crippen molar-refractivity contribution in [2.45, 2.75) is 19.2 Å². The third-order valence-corrected chi connectivity index (χ3v) is 3.69. The summed E-state index contributed by atoms with van der Waals surface area (Å²) < 4.78 is 13.5. The van der Waals surface area contributed by atoms with Gasteiger partial charge in [-0.25, -0.2) is 4.39 Å². The zero-order valence-electron chi connectivity index (χ0n) is 9.71. The van der Waals surface area contributed by atoms with Crippen LogP contribution in [0.4, 0.5) is 10.1 Å². The zero-order chi connectivity index (χ0) is 11.7. The summed E-state index contributed by atoms with van der Waals surface area (Å²) in [4.78, 5) is 2.12. The Labute approximate surface area is 101 Å². The number of nitrogens with zero attached hydrogens (tertiary/aromatic N) is 1. The van der Waals surface area contributed by atoms with E-state index in [0.717, 1.165) is 24.1 Å². The minimum atomic E-state index is -0.205. The lowest BCUT2D eigenvalue weighted by Gasteiger charge is -2.22. The third kappa shape index (κ3) is 2.32. The van der Waals surface area contributed by atoms with Gasteiger partial charge in [0, 0.05) is 24.8 Å². The summed E-state index contributed by atoms with van der Waals surface area (Å²) in [5.74, 6) is 1.60. The molecule has 0 bridgehead atoms. The van der Waals surface area contributed by atoms with Crippen LogP contribution in [0.25, 0.3) is 0 Å². The fourth-order valence-corrected chi connectivity index (χ4v) is 2.41. The van der Waals surface area contributed by atoms with Gasteiger partial charge in [-0.3, -0.25) is 0 Å². The van der Waals surface area contributed by atoms with Gasteiger partial charge in [0.1, 0.15) is 5.82 Å². The predicted octanol–water partition coefficient (Wildman–Crippen LogP) is 3.66. The van der Waals surface area contributed by atoms with E-state index in [-0.39, 0.29) is 11.7 Å². The average molecular weight is 242 g/mol. The fourth-order valence-electron chi connectivity index (χ4n) is 2.14. The molecule has 0 spiro atoms. The highest BCUT2D eigenvalue weighted by molar-refractivity contribution is 6.17. The summed E-state index contributed by atoms with van der Waals surface area (Å²) in [5.41, 5.74) is 1.54. The smallest absolute Gasteiger partial charge is 0.129 e. The first-order valence-electron chi connectivity index (χ1n) is 5.68. The summed E-state index contributed by atoms with van der Waals surface area (Å²) in [6.45, 7) is 3.25. The van der Waals surface area contributed by atoms with Crippen molar-refractivity contribution in [3.05, 3.63) is 29.6 Å². The molecule has 1 fully saturated rings. The van der Waals surface area contributed by atoms with Crippen LogP contribution in [-0.2, 0) is 5.88 Å². The van der Waals surface area contributed by atoms with E-state index < -0.39 is 0 Å². The molecule has 16 heavy (non-hydrogen) atoms. The molecule has 0 aliphatic heterocycles. The largest absolute Gasteiger partial charge is 0.374 e. The van der Waals surface area contributed by atoms with Gasteiger partial charge in [-0.2, -0.15) is 0 Å². The van der Waals surface area contributed by atoms with Crippen LogP contribution in [0.5, 0.6) is 0 Å². The summed E-state index contributed by atoms with van der Waals surface area (Å²) in [6.07, 6.45) is 1.29. The quantitative estimate of drug-likeness (QED) is 0.728. The van der Waals surface area contributed by atoms with Gasteiger partial charge in [0.2, 0.25) is 0 Å². The normalized spacial score (nSPS) is 23.2. The number of benzene rings is 1. The molecule has 0 aromatic heterocycles. The third-order valence-electron chi connectivity index (χ3n) is 3.42. The van der Waals surface area contributed by atoms with E-state index >= 15 is 0 Å². The van der Waals surface area contributed by atoms with Gasteiger partial charge in [-0.1, -0.05) is 13.0 Å². The highest BCUT2D eigenvalue weighted by Crippen LogP contribution is 2.39. The molecule has 0 heterocycles. The van der Waals surface area contributed by atoms with Crippen LogP contribution in [0.3, 0.4) is 0 Å². The van der Waals surface area contributed by atoms with Crippen molar-refractivity contribution in [2.75, 3.05) is 18.5 Å². The second-order valence-electron chi connectivity index (χ2n) is 4.72. The van der Waals surface area contributed by atoms with Gasteiger partial charge < -0.3 is 4.90 Å². The summed E-state index contributed by atoms with van der Waals surface area (Å²) in [7, 11) is 2.01. The van der Waals surface area contributed by atoms with E-state index in [0.29, 0.717) is 5.56 Å². The molecule has 3 heteroatoms. The molecule has 88 valence electrons. The van der Waals surface area contributed by atoms with Crippen molar-refractivity contribution in [3.63, 3.8) is 0 Å². The number of rotatable bonds is 4. The van der Waals surface area contributed by atoms with Crippen LogP contribution in [0.15, 0.2) is 18.2 Å². The van der Waals surface area contributed by atoms with Gasteiger partial charge >= 0.3 is 0 Å². The maximum atomic E-state index is 13.5. The highest BCUT2D eigenvalue weighted by atomic mass is 35.5. The fraction of sp³-hybridized carbons (Fsp3) is 0.538. The molecule has 1 aliphatic rings. The standard InChI is InChI=1S/C13H17ClFN/c1-9-6-10(9)8-16(2)13-5-3-4-12(15)11(13)7-14/h3-5,9-10H,6-8H2,1-2H3. The molecule has 0 N–H and O–H groups in total. The lowest BCUT2D eigenvalue weighted by atomic mass is 10.1. The van der Waals surface area contributed by atoms with E-state index in [4.69, 9.17) is 11.6 Å². The Morgan fingerprint density at radius 3 is 2.75 bits per heavy atom. The van der Waals surface area contributed by atoms with Crippen molar-refractivity contribution >= 4 is 17.3 Å². The SMILES string of the molecule is CC1CC1CN(C)c1cccc(F)c1CCl. The van der Waals surface area contributed by atoms with Crippen molar-refractivity contribution in [3.8, 4) is 0 Å². The molecule has 0 amide bonds. The number of alkyl halides is 1. The van der Waals surface area contributed by atoms with Crippen molar-refractivity contribution in [1.82, 2.24) is 0 Å². The van der Waals surface area contributed by atoms with Crippen molar-refractivity contribution in [2.24, 2.45) is 11.8 Å². The average Bonchev–Trinajstić information content (AvgIpc) is 2.93. The summed E-state index contributed by atoms with van der Waals surface area (Å²) in [5, 5.41) is 0. The topological polar surface area (TPSA) is 3.24 Å². The van der Waals surface area contributed by atoms with Gasteiger partial charge in [-0.15, -0.1) is 11.6 Å². The zero-order valence-corrected chi connectivity index (χ0v) is 10.5. The maximum Gasteiger partial charge on any atom is 0.129 e. The van der Waals surface area contributed by atoms with E-state index in [2.05, 4.69) is 11.8 Å². The van der Waals surface area contributed by atoms with E-state index in [1.54, 1.807) is 6.07 Å². The highest BCUT2D eigenvalue weighted by Gasteiger charge is 2.33. The molecule has 1 aromatic carbocycles. The van der Waals surface area contributed by atoms with Gasteiger partial charge in [0.25, 0.3) is 0 Å². The lowest BCUT2D eigenvalue weighted by Crippen LogP contribution is -2.22. The second kappa shape index (κ2) is 4.62. The molecule has 1 nitrogen and oxygen atoms in total. The van der Waals surface area contributed by atoms with Crippen LogP contribution < -0.4 is 4.90 Å². The summed E-state index contributed by atoms with van der Waals surface area (Å²) in [6, 6.07) is 5.15. The van der Waals surface area contributed by atoms with E-state index in [9.17, 15) is 4.39 Å². The molecule has 0 radical (unpaired) electrons. The van der Waals surface area contributed by atoms with Gasteiger partial charge in [0.15, 0.2) is 0 Å². The van der Waals surface area contributed by atoms with E-state index in [1.807, 2.05) is 13.1 Å². The maximum absolute atomic E-state index is 13.5. The number of anilines is 1.